The molecule has 2 aromatic carbocycles. The molecular formula is C21H29NO2. The van der Waals surface area contributed by atoms with Gasteiger partial charge in [0.25, 0.3) is 0 Å². The van der Waals surface area contributed by atoms with Crippen molar-refractivity contribution in [3.8, 4) is 11.5 Å². The standard InChI is InChI=1S/C21H29NO2/c1-4-13-22-17(2)15-19-10-11-20(23-3)21(16-19)24-14-12-18-8-6-5-7-9-18/h5-11,16-17,22H,4,12-15H2,1-3H3/t17-/m1/s1. The van der Waals surface area contributed by atoms with E-state index in [1.807, 2.05) is 12.1 Å². The molecule has 0 spiro atoms. The van der Waals surface area contributed by atoms with E-state index in [-0.39, 0.29) is 0 Å². The Morgan fingerprint density at radius 2 is 1.79 bits per heavy atom. The van der Waals surface area contributed by atoms with Crippen LogP contribution in [-0.4, -0.2) is 26.3 Å². The molecule has 0 saturated heterocycles. The molecule has 3 heteroatoms. The topological polar surface area (TPSA) is 30.5 Å². The third kappa shape index (κ3) is 5.89. The minimum atomic E-state index is 0.454. The summed E-state index contributed by atoms with van der Waals surface area (Å²) in [7, 11) is 1.69. The van der Waals surface area contributed by atoms with Crippen LogP contribution in [0, 0.1) is 0 Å². The molecule has 1 N–H and O–H groups in total. The van der Waals surface area contributed by atoms with Crippen molar-refractivity contribution in [2.45, 2.75) is 39.2 Å². The molecule has 0 amide bonds. The molecule has 24 heavy (non-hydrogen) atoms. The fraction of sp³-hybridized carbons (Fsp3) is 0.429. The van der Waals surface area contributed by atoms with Crippen LogP contribution in [0.5, 0.6) is 11.5 Å². The van der Waals surface area contributed by atoms with Crippen LogP contribution in [0.4, 0.5) is 0 Å². The first-order valence-electron chi connectivity index (χ1n) is 8.80. The SMILES string of the molecule is CCCN[C@H](C)Cc1ccc(OC)c(OCCc2ccccc2)c1. The predicted molar refractivity (Wildman–Crippen MR) is 100 cm³/mol. The molecule has 2 rings (SSSR count). The molecule has 1 atom stereocenters. The van der Waals surface area contributed by atoms with Crippen LogP contribution in [0.25, 0.3) is 0 Å². The van der Waals surface area contributed by atoms with E-state index in [0.717, 1.165) is 37.3 Å². The first kappa shape index (κ1) is 18.3. The monoisotopic (exact) mass is 327 g/mol. The van der Waals surface area contributed by atoms with E-state index in [4.69, 9.17) is 9.47 Å². The van der Waals surface area contributed by atoms with Gasteiger partial charge in [-0.25, -0.2) is 0 Å². The largest absolute Gasteiger partial charge is 0.493 e. The maximum Gasteiger partial charge on any atom is 0.161 e. The van der Waals surface area contributed by atoms with Crippen molar-refractivity contribution in [2.24, 2.45) is 0 Å². The molecule has 0 bridgehead atoms. The fourth-order valence-corrected chi connectivity index (χ4v) is 2.70. The predicted octanol–water partition coefficient (Wildman–Crippen LogP) is 4.25. The van der Waals surface area contributed by atoms with Crippen LogP contribution >= 0.6 is 0 Å². The summed E-state index contributed by atoms with van der Waals surface area (Å²) in [5, 5.41) is 3.52. The number of hydrogen-bond acceptors (Lipinski definition) is 3. The van der Waals surface area contributed by atoms with Crippen LogP contribution in [0.3, 0.4) is 0 Å². The Morgan fingerprint density at radius 1 is 1.00 bits per heavy atom. The van der Waals surface area contributed by atoms with E-state index in [9.17, 15) is 0 Å². The Hall–Kier alpha value is -2.00. The maximum absolute atomic E-state index is 5.99. The summed E-state index contributed by atoms with van der Waals surface area (Å²) in [5.74, 6) is 1.62. The molecule has 3 nitrogen and oxygen atoms in total. The lowest BCUT2D eigenvalue weighted by Crippen LogP contribution is -2.28. The average molecular weight is 327 g/mol. The zero-order valence-electron chi connectivity index (χ0n) is 15.0. The number of hydrogen-bond donors (Lipinski definition) is 1. The molecule has 2 aromatic rings. The van der Waals surface area contributed by atoms with Gasteiger partial charge in [-0.15, -0.1) is 0 Å². The van der Waals surface area contributed by atoms with Gasteiger partial charge in [0.2, 0.25) is 0 Å². The third-order valence-electron chi connectivity index (χ3n) is 4.00. The highest BCUT2D eigenvalue weighted by atomic mass is 16.5. The van der Waals surface area contributed by atoms with Crippen molar-refractivity contribution in [3.05, 3.63) is 59.7 Å². The second-order valence-corrected chi connectivity index (χ2v) is 6.13. The molecule has 0 fully saturated rings. The number of ether oxygens (including phenoxy) is 2. The van der Waals surface area contributed by atoms with Gasteiger partial charge in [-0.05, 0) is 49.6 Å². The van der Waals surface area contributed by atoms with Crippen molar-refractivity contribution in [1.82, 2.24) is 5.32 Å². The van der Waals surface area contributed by atoms with Gasteiger partial charge in [-0.1, -0.05) is 43.3 Å². The highest BCUT2D eigenvalue weighted by Gasteiger charge is 2.09. The third-order valence-corrected chi connectivity index (χ3v) is 4.00. The van der Waals surface area contributed by atoms with Crippen LogP contribution in [-0.2, 0) is 12.8 Å². The first-order valence-corrected chi connectivity index (χ1v) is 8.80. The minimum Gasteiger partial charge on any atom is -0.493 e. The highest BCUT2D eigenvalue weighted by Crippen LogP contribution is 2.28. The fourth-order valence-electron chi connectivity index (χ4n) is 2.70. The molecule has 0 aliphatic heterocycles. The van der Waals surface area contributed by atoms with Gasteiger partial charge in [-0.3, -0.25) is 0 Å². The molecule has 0 radical (unpaired) electrons. The summed E-state index contributed by atoms with van der Waals surface area (Å²) in [6.45, 7) is 6.10. The summed E-state index contributed by atoms with van der Waals surface area (Å²) in [6.07, 6.45) is 3.03. The number of rotatable bonds is 10. The zero-order valence-corrected chi connectivity index (χ0v) is 15.0. The smallest absolute Gasteiger partial charge is 0.161 e. The summed E-state index contributed by atoms with van der Waals surface area (Å²) < 4.78 is 11.4. The molecule has 0 saturated carbocycles. The quantitative estimate of drug-likeness (QED) is 0.708. The van der Waals surface area contributed by atoms with Gasteiger partial charge in [0, 0.05) is 12.5 Å². The van der Waals surface area contributed by atoms with Crippen molar-refractivity contribution in [1.29, 1.82) is 0 Å². The van der Waals surface area contributed by atoms with Crippen LogP contribution in [0.2, 0.25) is 0 Å². The Morgan fingerprint density at radius 3 is 2.50 bits per heavy atom. The van der Waals surface area contributed by atoms with Crippen LogP contribution in [0.15, 0.2) is 48.5 Å². The van der Waals surface area contributed by atoms with E-state index in [1.165, 1.54) is 11.1 Å². The number of benzene rings is 2. The minimum absolute atomic E-state index is 0.454. The second-order valence-electron chi connectivity index (χ2n) is 6.13. The number of methoxy groups -OCH3 is 1. The second kappa shape index (κ2) is 9.99. The van der Waals surface area contributed by atoms with Gasteiger partial charge < -0.3 is 14.8 Å². The van der Waals surface area contributed by atoms with Crippen LogP contribution in [0.1, 0.15) is 31.4 Å². The van der Waals surface area contributed by atoms with Gasteiger partial charge in [-0.2, -0.15) is 0 Å². The number of nitrogens with one attached hydrogen (secondary N) is 1. The maximum atomic E-state index is 5.99. The molecule has 130 valence electrons. The summed E-state index contributed by atoms with van der Waals surface area (Å²) in [4.78, 5) is 0. The molecule has 0 unspecified atom stereocenters. The Kier molecular flexibility index (Phi) is 7.63. The lowest BCUT2D eigenvalue weighted by molar-refractivity contribution is 0.297. The van der Waals surface area contributed by atoms with E-state index >= 15 is 0 Å². The Balaban J connectivity index is 1.95. The highest BCUT2D eigenvalue weighted by molar-refractivity contribution is 5.43. The molecule has 0 aliphatic rings. The summed E-state index contributed by atoms with van der Waals surface area (Å²) in [6, 6.07) is 17.1. The lowest BCUT2D eigenvalue weighted by Gasteiger charge is -2.16. The van der Waals surface area contributed by atoms with E-state index in [2.05, 4.69) is 55.6 Å². The van der Waals surface area contributed by atoms with Gasteiger partial charge in [0.15, 0.2) is 11.5 Å². The lowest BCUT2D eigenvalue weighted by atomic mass is 10.1. The van der Waals surface area contributed by atoms with E-state index < -0.39 is 0 Å². The first-order chi connectivity index (χ1) is 11.7. The molecular weight excluding hydrogens is 298 g/mol. The van der Waals surface area contributed by atoms with Crippen molar-refractivity contribution < 1.29 is 9.47 Å². The van der Waals surface area contributed by atoms with Crippen molar-refractivity contribution >= 4 is 0 Å². The molecule has 0 aromatic heterocycles. The van der Waals surface area contributed by atoms with Gasteiger partial charge in [0.1, 0.15) is 0 Å². The normalized spacial score (nSPS) is 12.0. The molecule has 0 heterocycles. The average Bonchev–Trinajstić information content (AvgIpc) is 2.61. The van der Waals surface area contributed by atoms with Crippen molar-refractivity contribution in [2.75, 3.05) is 20.3 Å². The zero-order chi connectivity index (χ0) is 17.2. The van der Waals surface area contributed by atoms with Crippen LogP contribution < -0.4 is 14.8 Å². The van der Waals surface area contributed by atoms with Crippen molar-refractivity contribution in [3.63, 3.8) is 0 Å². The molecule has 0 aliphatic carbocycles. The summed E-state index contributed by atoms with van der Waals surface area (Å²) in [5.41, 5.74) is 2.55. The van der Waals surface area contributed by atoms with Gasteiger partial charge in [0.05, 0.1) is 13.7 Å². The van der Waals surface area contributed by atoms with Gasteiger partial charge >= 0.3 is 0 Å². The Labute approximate surface area is 146 Å². The van der Waals surface area contributed by atoms with E-state index in [1.54, 1.807) is 7.11 Å². The van der Waals surface area contributed by atoms with E-state index in [0.29, 0.717) is 12.6 Å². The Bertz CT molecular complexity index is 598. The summed E-state index contributed by atoms with van der Waals surface area (Å²) >= 11 is 0.